The summed E-state index contributed by atoms with van der Waals surface area (Å²) in [6.07, 6.45) is 2.19. The number of methoxy groups -OCH3 is 1. The lowest BCUT2D eigenvalue weighted by molar-refractivity contribution is 0.414. The van der Waals surface area contributed by atoms with Crippen LogP contribution in [-0.4, -0.2) is 27.3 Å². The van der Waals surface area contributed by atoms with Crippen molar-refractivity contribution in [3.63, 3.8) is 0 Å². The van der Waals surface area contributed by atoms with Crippen molar-refractivity contribution in [2.45, 2.75) is 25.3 Å². The predicted octanol–water partition coefficient (Wildman–Crippen LogP) is 1.44. The topological polar surface area (TPSA) is 78.8 Å². The van der Waals surface area contributed by atoms with E-state index in [1.807, 2.05) is 16.8 Å². The first-order valence-corrected chi connectivity index (χ1v) is 5.87. The summed E-state index contributed by atoms with van der Waals surface area (Å²) in [6.45, 7) is 2.14. The normalized spacial score (nSPS) is 16.6. The second kappa shape index (κ2) is 3.69. The van der Waals surface area contributed by atoms with E-state index in [0.29, 0.717) is 11.5 Å². The fourth-order valence-corrected chi connectivity index (χ4v) is 2.01. The highest BCUT2D eigenvalue weighted by Crippen LogP contribution is 2.44. The van der Waals surface area contributed by atoms with Crippen LogP contribution < -0.4 is 10.5 Å². The number of benzene rings is 1. The second-order valence-corrected chi connectivity index (χ2v) is 4.87. The van der Waals surface area contributed by atoms with Crippen LogP contribution in [0.3, 0.4) is 0 Å². The van der Waals surface area contributed by atoms with Gasteiger partial charge in [-0.15, -0.1) is 5.10 Å². The van der Waals surface area contributed by atoms with Crippen LogP contribution in [0, 0.1) is 0 Å². The first-order valence-electron chi connectivity index (χ1n) is 5.87. The Labute approximate surface area is 105 Å². The molecule has 1 aliphatic rings. The number of anilines is 1. The molecule has 6 nitrogen and oxygen atoms in total. The molecule has 3 rings (SSSR count). The Morgan fingerprint density at radius 1 is 1.39 bits per heavy atom. The number of nitrogen functional groups attached to an aromatic ring is 1. The molecule has 2 aromatic rings. The van der Waals surface area contributed by atoms with E-state index in [0.717, 1.165) is 24.2 Å². The van der Waals surface area contributed by atoms with Gasteiger partial charge in [-0.25, -0.2) is 4.68 Å². The Kier molecular flexibility index (Phi) is 2.26. The lowest BCUT2D eigenvalue weighted by atomic mass is 10.1. The summed E-state index contributed by atoms with van der Waals surface area (Å²) >= 11 is 0. The smallest absolute Gasteiger partial charge is 0.186 e. The summed E-state index contributed by atoms with van der Waals surface area (Å²) in [4.78, 5) is 0. The van der Waals surface area contributed by atoms with Gasteiger partial charge in [-0.2, -0.15) is 0 Å². The molecule has 0 unspecified atom stereocenters. The van der Waals surface area contributed by atoms with E-state index in [9.17, 15) is 0 Å². The number of nitrogens with zero attached hydrogens (tertiary/aromatic N) is 4. The lowest BCUT2D eigenvalue weighted by Crippen LogP contribution is -2.16. The van der Waals surface area contributed by atoms with E-state index in [2.05, 4.69) is 22.4 Å². The fraction of sp³-hybridized carbons (Fsp3) is 0.417. The zero-order valence-corrected chi connectivity index (χ0v) is 10.4. The van der Waals surface area contributed by atoms with Crippen LogP contribution in [0.25, 0.3) is 11.4 Å². The maximum Gasteiger partial charge on any atom is 0.186 e. The SMILES string of the molecule is COc1ccc(N)cc1-c1nnnn1C1(C)CC1. The average Bonchev–Trinajstić information content (AvgIpc) is 2.94. The van der Waals surface area contributed by atoms with Crippen molar-refractivity contribution in [3.8, 4) is 17.1 Å². The third kappa shape index (κ3) is 1.61. The highest BCUT2D eigenvalue weighted by atomic mass is 16.5. The van der Waals surface area contributed by atoms with Gasteiger partial charge in [0.25, 0.3) is 0 Å². The minimum Gasteiger partial charge on any atom is -0.496 e. The summed E-state index contributed by atoms with van der Waals surface area (Å²) in [5.41, 5.74) is 7.36. The highest BCUT2D eigenvalue weighted by molar-refractivity contribution is 5.69. The maximum atomic E-state index is 5.83. The van der Waals surface area contributed by atoms with Gasteiger partial charge in [-0.05, 0) is 48.4 Å². The molecule has 0 atom stereocenters. The molecule has 0 saturated heterocycles. The number of rotatable bonds is 3. The lowest BCUT2D eigenvalue weighted by Gasteiger charge is -2.13. The van der Waals surface area contributed by atoms with Gasteiger partial charge in [0.05, 0.1) is 18.2 Å². The van der Waals surface area contributed by atoms with Gasteiger partial charge in [0, 0.05) is 5.69 Å². The summed E-state index contributed by atoms with van der Waals surface area (Å²) in [6, 6.07) is 5.47. The minimum absolute atomic E-state index is 0.0362. The molecule has 0 aliphatic heterocycles. The van der Waals surface area contributed by atoms with Crippen molar-refractivity contribution < 1.29 is 4.74 Å². The number of hydrogen-bond donors (Lipinski definition) is 1. The average molecular weight is 245 g/mol. The third-order valence-electron chi connectivity index (χ3n) is 3.42. The van der Waals surface area contributed by atoms with E-state index >= 15 is 0 Å². The molecule has 6 heteroatoms. The first kappa shape index (κ1) is 11.0. The molecule has 1 aliphatic carbocycles. The predicted molar refractivity (Wildman–Crippen MR) is 67.1 cm³/mol. The summed E-state index contributed by atoms with van der Waals surface area (Å²) < 4.78 is 7.21. The molecule has 1 aromatic carbocycles. The Morgan fingerprint density at radius 2 is 2.17 bits per heavy atom. The zero-order valence-electron chi connectivity index (χ0n) is 10.4. The van der Waals surface area contributed by atoms with Crippen molar-refractivity contribution >= 4 is 5.69 Å². The molecule has 1 heterocycles. The van der Waals surface area contributed by atoms with E-state index in [1.165, 1.54) is 0 Å². The fourth-order valence-electron chi connectivity index (χ4n) is 2.01. The van der Waals surface area contributed by atoms with Crippen LogP contribution in [0.15, 0.2) is 18.2 Å². The zero-order chi connectivity index (χ0) is 12.8. The van der Waals surface area contributed by atoms with Crippen molar-refractivity contribution in [1.29, 1.82) is 0 Å². The number of hydrogen-bond acceptors (Lipinski definition) is 5. The quantitative estimate of drug-likeness (QED) is 0.828. The number of aromatic nitrogens is 4. The Hall–Kier alpha value is -2.11. The van der Waals surface area contributed by atoms with Crippen molar-refractivity contribution in [1.82, 2.24) is 20.2 Å². The summed E-state index contributed by atoms with van der Waals surface area (Å²) in [7, 11) is 1.63. The van der Waals surface area contributed by atoms with E-state index < -0.39 is 0 Å². The molecule has 94 valence electrons. The molecule has 1 saturated carbocycles. The summed E-state index contributed by atoms with van der Waals surface area (Å²) in [5.74, 6) is 1.43. The molecular weight excluding hydrogens is 230 g/mol. The molecule has 2 N–H and O–H groups in total. The molecule has 1 aromatic heterocycles. The van der Waals surface area contributed by atoms with Crippen LogP contribution in [0.4, 0.5) is 5.69 Å². The second-order valence-electron chi connectivity index (χ2n) is 4.87. The van der Waals surface area contributed by atoms with Crippen LogP contribution in [0.5, 0.6) is 5.75 Å². The van der Waals surface area contributed by atoms with Gasteiger partial charge in [0.15, 0.2) is 5.82 Å². The van der Waals surface area contributed by atoms with Gasteiger partial charge >= 0.3 is 0 Å². The summed E-state index contributed by atoms with van der Waals surface area (Å²) in [5, 5.41) is 12.0. The van der Waals surface area contributed by atoms with Crippen LogP contribution >= 0.6 is 0 Å². The van der Waals surface area contributed by atoms with E-state index in [-0.39, 0.29) is 5.54 Å². The first-order chi connectivity index (χ1) is 8.64. The monoisotopic (exact) mass is 245 g/mol. The van der Waals surface area contributed by atoms with Crippen molar-refractivity contribution in [2.75, 3.05) is 12.8 Å². The molecule has 1 fully saturated rings. The largest absolute Gasteiger partial charge is 0.496 e. The maximum absolute atomic E-state index is 5.83. The number of nitrogens with two attached hydrogens (primary N) is 1. The van der Waals surface area contributed by atoms with Crippen molar-refractivity contribution in [2.24, 2.45) is 0 Å². The standard InChI is InChI=1S/C12H15N5O/c1-12(5-6-12)17-11(14-15-16-17)9-7-8(13)3-4-10(9)18-2/h3-4,7H,5-6,13H2,1-2H3. The highest BCUT2D eigenvalue weighted by Gasteiger charge is 2.43. The Balaban J connectivity index is 2.15. The van der Waals surface area contributed by atoms with Crippen LogP contribution in [0.1, 0.15) is 19.8 Å². The molecule has 0 bridgehead atoms. The van der Waals surface area contributed by atoms with Crippen LogP contribution in [0.2, 0.25) is 0 Å². The molecule has 0 radical (unpaired) electrons. The van der Waals surface area contributed by atoms with Crippen molar-refractivity contribution in [3.05, 3.63) is 18.2 Å². The minimum atomic E-state index is 0.0362. The van der Waals surface area contributed by atoms with E-state index in [4.69, 9.17) is 10.5 Å². The molecular formula is C12H15N5O. The third-order valence-corrected chi connectivity index (χ3v) is 3.42. The van der Waals surface area contributed by atoms with Gasteiger partial charge in [-0.3, -0.25) is 0 Å². The molecule has 0 spiro atoms. The Morgan fingerprint density at radius 3 is 2.83 bits per heavy atom. The van der Waals surface area contributed by atoms with E-state index in [1.54, 1.807) is 13.2 Å². The van der Waals surface area contributed by atoms with Gasteiger partial charge < -0.3 is 10.5 Å². The number of tetrazole rings is 1. The Bertz CT molecular complexity index is 588. The van der Waals surface area contributed by atoms with Gasteiger partial charge in [0.2, 0.25) is 0 Å². The molecule has 0 amide bonds. The van der Waals surface area contributed by atoms with Gasteiger partial charge in [0.1, 0.15) is 5.75 Å². The number of ether oxygens (including phenoxy) is 1. The van der Waals surface area contributed by atoms with Gasteiger partial charge in [-0.1, -0.05) is 0 Å². The molecule has 18 heavy (non-hydrogen) atoms. The van der Waals surface area contributed by atoms with Crippen LogP contribution in [-0.2, 0) is 5.54 Å².